The van der Waals surface area contributed by atoms with E-state index in [9.17, 15) is 26.4 Å². The number of ketones is 1. The van der Waals surface area contributed by atoms with E-state index in [0.29, 0.717) is 23.3 Å². The molecule has 0 radical (unpaired) electrons. The van der Waals surface area contributed by atoms with Gasteiger partial charge in [0.25, 0.3) is 0 Å². The molecule has 1 heterocycles. The summed E-state index contributed by atoms with van der Waals surface area (Å²) in [6.07, 6.45) is 0.531. The summed E-state index contributed by atoms with van der Waals surface area (Å²) >= 11 is 0. The number of Topliss-reactive ketones (excluding diaryl/α,β-unsaturated/α-hetero) is 1. The van der Waals surface area contributed by atoms with Gasteiger partial charge in [-0.05, 0) is 35.7 Å². The highest BCUT2D eigenvalue weighted by atomic mass is 32.2. The first-order valence-electron chi connectivity index (χ1n) is 9.69. The molecular formula is C23H18F3NO4S. The van der Waals surface area contributed by atoms with E-state index in [0.717, 1.165) is 5.56 Å². The number of nitrogens with one attached hydrogen (secondary N) is 1. The molecule has 1 N–H and O–H groups in total. The minimum absolute atomic E-state index is 0.0762. The Kier molecular flexibility index (Phi) is 5.68. The lowest BCUT2D eigenvalue weighted by Crippen LogP contribution is -2.30. The summed E-state index contributed by atoms with van der Waals surface area (Å²) in [5.74, 6) is -0.111. The van der Waals surface area contributed by atoms with Crippen LogP contribution in [0.4, 0.5) is 18.9 Å². The number of rotatable bonds is 5. The first-order chi connectivity index (χ1) is 15.2. The van der Waals surface area contributed by atoms with Crippen LogP contribution >= 0.6 is 0 Å². The molecule has 1 unspecified atom stereocenters. The maximum Gasteiger partial charge on any atom is 0.516 e. The van der Waals surface area contributed by atoms with Crippen LogP contribution in [0.1, 0.15) is 15.9 Å². The Morgan fingerprint density at radius 1 is 0.938 bits per heavy atom. The lowest BCUT2D eigenvalue weighted by atomic mass is 9.88. The van der Waals surface area contributed by atoms with Crippen molar-refractivity contribution in [2.45, 2.75) is 11.9 Å². The number of hydrogen-bond acceptors (Lipinski definition) is 4. The van der Waals surface area contributed by atoms with Crippen LogP contribution in [-0.4, -0.2) is 26.3 Å². The van der Waals surface area contributed by atoms with Crippen molar-refractivity contribution in [2.75, 3.05) is 11.3 Å². The second-order valence-electron chi connectivity index (χ2n) is 7.37. The topological polar surface area (TPSA) is 72.5 Å². The summed E-state index contributed by atoms with van der Waals surface area (Å²) in [5.41, 5.74) is -3.63. The van der Waals surface area contributed by atoms with E-state index in [2.05, 4.69) is 0 Å². The highest BCUT2D eigenvalue weighted by Crippen LogP contribution is 2.37. The van der Waals surface area contributed by atoms with Gasteiger partial charge in [0.05, 0.1) is 23.8 Å². The van der Waals surface area contributed by atoms with Crippen molar-refractivity contribution in [1.29, 1.82) is 0 Å². The smallest absolute Gasteiger partial charge is 0.492 e. The summed E-state index contributed by atoms with van der Waals surface area (Å²) in [5, 5.41) is 0. The predicted octanol–water partition coefficient (Wildman–Crippen LogP) is 5.05. The molecule has 0 spiro atoms. The van der Waals surface area contributed by atoms with E-state index in [1.54, 1.807) is 22.9 Å². The fourth-order valence-corrected chi connectivity index (χ4v) is 4.16. The molecule has 0 fully saturated rings. The number of benzene rings is 3. The number of halogens is 3. The summed E-state index contributed by atoms with van der Waals surface area (Å²) in [6.45, 7) is 0.173. The summed E-state index contributed by atoms with van der Waals surface area (Å²) in [6, 6.07) is 19.9. The van der Waals surface area contributed by atoms with Crippen LogP contribution in [0.3, 0.4) is 0 Å². The third kappa shape index (κ3) is 4.34. The van der Waals surface area contributed by atoms with Crippen molar-refractivity contribution >= 4 is 21.5 Å². The zero-order chi connectivity index (χ0) is 22.9. The van der Waals surface area contributed by atoms with Gasteiger partial charge in [-0.25, -0.2) is 0 Å². The first-order valence-corrected chi connectivity index (χ1v) is 11.2. The molecule has 9 heteroatoms. The highest BCUT2D eigenvalue weighted by molar-refractivity contribution is 7.93. The number of carbonyl (C=O) groups is 1. The second kappa shape index (κ2) is 8.31. The number of carbonyl (C=O) groups excluding carboxylic acids is 1. The van der Waals surface area contributed by atoms with Crippen LogP contribution in [0.25, 0.3) is 11.1 Å². The zero-order valence-corrected chi connectivity index (χ0v) is 17.4. The average Bonchev–Trinajstić information content (AvgIpc) is 2.75. The van der Waals surface area contributed by atoms with Gasteiger partial charge in [-0.2, -0.15) is 21.6 Å². The van der Waals surface area contributed by atoms with Crippen LogP contribution in [0.2, 0.25) is 0 Å². The molecule has 166 valence electrons. The van der Waals surface area contributed by atoms with Crippen molar-refractivity contribution in [2.24, 2.45) is 5.92 Å². The van der Waals surface area contributed by atoms with E-state index in [-0.39, 0.29) is 29.6 Å². The summed E-state index contributed by atoms with van der Waals surface area (Å²) < 4.78 is 68.9. The Morgan fingerprint density at radius 2 is 1.62 bits per heavy atom. The lowest BCUT2D eigenvalue weighted by Gasteiger charge is -2.25. The normalized spacial score (nSPS) is 16.2. The van der Waals surface area contributed by atoms with Gasteiger partial charge in [0.15, 0.2) is 5.78 Å². The summed E-state index contributed by atoms with van der Waals surface area (Å²) in [4.78, 5) is 12.9. The van der Waals surface area contributed by atoms with Gasteiger partial charge in [0, 0.05) is 5.56 Å². The fourth-order valence-electron chi connectivity index (χ4n) is 3.58. The molecule has 4 rings (SSSR count). The number of alkyl halides is 3. The number of hydrogen-bond donors (Lipinski definition) is 1. The van der Waals surface area contributed by atoms with E-state index < -0.39 is 15.5 Å². The van der Waals surface area contributed by atoms with Gasteiger partial charge in [0.1, 0.15) is 5.75 Å². The van der Waals surface area contributed by atoms with Crippen molar-refractivity contribution in [3.63, 3.8) is 0 Å². The maximum atomic E-state index is 12.9. The molecule has 1 aliphatic rings. The van der Waals surface area contributed by atoms with Crippen LogP contribution < -0.4 is 9.46 Å². The fraction of sp³-hybridized carbons (Fsp3) is 0.174. The Labute approximate surface area is 182 Å². The molecule has 0 aliphatic carbocycles. The third-order valence-electron chi connectivity index (χ3n) is 5.17. The van der Waals surface area contributed by atoms with Gasteiger partial charge in [-0.3, -0.25) is 9.52 Å². The molecule has 0 saturated carbocycles. The quantitative estimate of drug-likeness (QED) is 0.577. The minimum Gasteiger partial charge on any atom is -0.492 e. The first kappa shape index (κ1) is 21.9. The van der Waals surface area contributed by atoms with Gasteiger partial charge in [-0.1, -0.05) is 54.6 Å². The van der Waals surface area contributed by atoms with Gasteiger partial charge < -0.3 is 4.74 Å². The SMILES string of the molecule is O=C1c2ccc(-c3ccccc3NS(=O)(=O)C(F)(F)F)cc2OCC1Cc1ccccc1. The van der Waals surface area contributed by atoms with Crippen LogP contribution in [0.15, 0.2) is 72.8 Å². The Balaban J connectivity index is 1.62. The van der Waals surface area contributed by atoms with Crippen LogP contribution in [-0.2, 0) is 16.4 Å². The monoisotopic (exact) mass is 461 g/mol. The lowest BCUT2D eigenvalue weighted by molar-refractivity contribution is -0.0429. The molecule has 1 atom stereocenters. The van der Waals surface area contributed by atoms with Gasteiger partial charge in [-0.15, -0.1) is 0 Å². The number of para-hydroxylation sites is 1. The van der Waals surface area contributed by atoms with Crippen molar-refractivity contribution in [3.8, 4) is 16.9 Å². The number of ether oxygens (including phenoxy) is 1. The Morgan fingerprint density at radius 3 is 2.34 bits per heavy atom. The van der Waals surface area contributed by atoms with Crippen LogP contribution in [0, 0.1) is 5.92 Å². The maximum absolute atomic E-state index is 12.9. The Bertz CT molecular complexity index is 1260. The third-order valence-corrected chi connectivity index (χ3v) is 6.27. The molecule has 1 aliphatic heterocycles. The standard InChI is InChI=1S/C23H18F3NO4S/c24-23(25,26)32(29,30)27-20-9-5-4-8-18(20)16-10-11-19-21(13-16)31-14-17(22(19)28)12-15-6-2-1-3-7-15/h1-11,13,17,27H,12,14H2. The van der Waals surface area contributed by atoms with Crippen molar-refractivity contribution in [1.82, 2.24) is 0 Å². The molecule has 0 bridgehead atoms. The minimum atomic E-state index is -5.58. The second-order valence-corrected chi connectivity index (χ2v) is 9.04. The van der Waals surface area contributed by atoms with Crippen molar-refractivity contribution < 1.29 is 31.1 Å². The summed E-state index contributed by atoms with van der Waals surface area (Å²) in [7, 11) is -5.58. The van der Waals surface area contributed by atoms with Crippen LogP contribution in [0.5, 0.6) is 5.75 Å². The molecule has 3 aromatic carbocycles. The number of sulfonamides is 1. The molecule has 32 heavy (non-hydrogen) atoms. The van der Waals surface area contributed by atoms with E-state index in [4.69, 9.17) is 4.74 Å². The predicted molar refractivity (Wildman–Crippen MR) is 114 cm³/mol. The Hall–Kier alpha value is -3.33. The zero-order valence-electron chi connectivity index (χ0n) is 16.6. The molecule has 0 aromatic heterocycles. The van der Waals surface area contributed by atoms with Crippen molar-refractivity contribution in [3.05, 3.63) is 83.9 Å². The average molecular weight is 461 g/mol. The molecule has 5 nitrogen and oxygen atoms in total. The molecule has 0 saturated heterocycles. The van der Waals surface area contributed by atoms with E-state index >= 15 is 0 Å². The highest BCUT2D eigenvalue weighted by Gasteiger charge is 2.46. The van der Waals surface area contributed by atoms with E-state index in [1.807, 2.05) is 30.3 Å². The van der Waals surface area contributed by atoms with Gasteiger partial charge >= 0.3 is 15.5 Å². The molecule has 0 amide bonds. The van der Waals surface area contributed by atoms with E-state index in [1.165, 1.54) is 24.3 Å². The molecule has 3 aromatic rings. The largest absolute Gasteiger partial charge is 0.516 e. The van der Waals surface area contributed by atoms with Gasteiger partial charge in [0.2, 0.25) is 0 Å². The number of anilines is 1. The molecular weight excluding hydrogens is 443 g/mol. The number of fused-ring (bicyclic) bond motifs is 1.